The second-order valence-corrected chi connectivity index (χ2v) is 8.66. The summed E-state index contributed by atoms with van der Waals surface area (Å²) in [4.78, 5) is 17.4. The van der Waals surface area contributed by atoms with Crippen LogP contribution in [0.4, 0.5) is 0 Å². The first-order valence-electron chi connectivity index (χ1n) is 10.7. The maximum absolute atomic E-state index is 12.7. The van der Waals surface area contributed by atoms with Crippen LogP contribution < -0.4 is 5.32 Å². The quantitative estimate of drug-likeness (QED) is 0.754. The van der Waals surface area contributed by atoms with E-state index in [1.54, 1.807) is 0 Å². The van der Waals surface area contributed by atoms with Crippen molar-refractivity contribution >= 4 is 5.91 Å². The van der Waals surface area contributed by atoms with Crippen LogP contribution in [0.3, 0.4) is 0 Å². The normalized spacial score (nSPS) is 21.0. The van der Waals surface area contributed by atoms with Gasteiger partial charge in [-0.2, -0.15) is 0 Å². The Labute approximate surface area is 169 Å². The average molecular weight is 389 g/mol. The standard InChI is InChI=1S/C21H36N6O/c1-16(2)6-5-10-26-13-9-19-23-24-20(27(19)15-14-26)17(3)22-21(28)18-7-11-25(4)12-8-18/h5-6,16-18H,7-15H2,1-4H3,(H,22,28)/b6-5+. The van der Waals surface area contributed by atoms with Crippen LogP contribution in [0.25, 0.3) is 0 Å². The molecule has 0 bridgehead atoms. The third kappa shape index (κ3) is 5.41. The molecule has 2 aliphatic heterocycles. The highest BCUT2D eigenvalue weighted by Gasteiger charge is 2.27. The molecule has 1 unspecified atom stereocenters. The molecule has 2 aliphatic rings. The summed E-state index contributed by atoms with van der Waals surface area (Å²) >= 11 is 0. The zero-order valence-electron chi connectivity index (χ0n) is 17.9. The third-order valence-electron chi connectivity index (χ3n) is 5.87. The van der Waals surface area contributed by atoms with Gasteiger partial charge in [0.25, 0.3) is 0 Å². The van der Waals surface area contributed by atoms with Crippen molar-refractivity contribution in [2.24, 2.45) is 11.8 Å². The molecule has 0 radical (unpaired) electrons. The highest BCUT2D eigenvalue weighted by Crippen LogP contribution is 2.19. The lowest BCUT2D eigenvalue weighted by Crippen LogP contribution is -2.40. The van der Waals surface area contributed by atoms with Crippen LogP contribution in [-0.2, 0) is 17.8 Å². The number of nitrogens with zero attached hydrogens (tertiary/aromatic N) is 5. The lowest BCUT2D eigenvalue weighted by atomic mass is 9.96. The Bertz CT molecular complexity index is 674. The topological polar surface area (TPSA) is 66.3 Å². The van der Waals surface area contributed by atoms with Crippen LogP contribution >= 0.6 is 0 Å². The number of amides is 1. The van der Waals surface area contributed by atoms with Gasteiger partial charge in [0, 0.05) is 38.5 Å². The summed E-state index contributed by atoms with van der Waals surface area (Å²) in [5.74, 6) is 2.79. The number of aromatic nitrogens is 3. The van der Waals surface area contributed by atoms with Gasteiger partial charge in [-0.25, -0.2) is 0 Å². The van der Waals surface area contributed by atoms with E-state index in [4.69, 9.17) is 0 Å². The fourth-order valence-electron chi connectivity index (χ4n) is 4.04. The number of carbonyl (C=O) groups excluding carboxylic acids is 1. The molecule has 1 atom stereocenters. The van der Waals surface area contributed by atoms with Gasteiger partial charge in [0.05, 0.1) is 6.04 Å². The lowest BCUT2D eigenvalue weighted by molar-refractivity contribution is -0.127. The summed E-state index contributed by atoms with van der Waals surface area (Å²) < 4.78 is 2.21. The Kier molecular flexibility index (Phi) is 7.24. The summed E-state index contributed by atoms with van der Waals surface area (Å²) in [6.45, 7) is 12.3. The maximum atomic E-state index is 12.7. The zero-order valence-corrected chi connectivity index (χ0v) is 17.9. The number of rotatable bonds is 6. The molecule has 0 saturated carbocycles. The van der Waals surface area contributed by atoms with Crippen molar-refractivity contribution in [3.63, 3.8) is 0 Å². The molecule has 1 amide bonds. The molecule has 1 saturated heterocycles. The molecule has 7 heteroatoms. The first-order chi connectivity index (χ1) is 13.4. The number of hydrogen-bond donors (Lipinski definition) is 1. The molecule has 28 heavy (non-hydrogen) atoms. The number of fused-ring (bicyclic) bond motifs is 1. The second kappa shape index (κ2) is 9.65. The van der Waals surface area contributed by atoms with Crippen molar-refractivity contribution < 1.29 is 4.79 Å². The van der Waals surface area contributed by atoms with Crippen LogP contribution in [0, 0.1) is 11.8 Å². The van der Waals surface area contributed by atoms with Crippen molar-refractivity contribution in [3.8, 4) is 0 Å². The fraction of sp³-hybridized carbons (Fsp3) is 0.762. The summed E-state index contributed by atoms with van der Waals surface area (Å²) in [5, 5.41) is 12.0. The molecule has 0 aromatic carbocycles. The molecular formula is C21H36N6O. The van der Waals surface area contributed by atoms with E-state index in [1.165, 1.54) is 0 Å². The number of piperidine rings is 1. The zero-order chi connectivity index (χ0) is 20.1. The summed E-state index contributed by atoms with van der Waals surface area (Å²) in [5.41, 5.74) is 0. The molecule has 0 spiro atoms. The van der Waals surface area contributed by atoms with Gasteiger partial charge in [-0.15, -0.1) is 10.2 Å². The maximum Gasteiger partial charge on any atom is 0.223 e. The predicted molar refractivity (Wildman–Crippen MR) is 111 cm³/mol. The van der Waals surface area contributed by atoms with Crippen LogP contribution in [-0.4, -0.2) is 70.2 Å². The Hall–Kier alpha value is -1.73. The van der Waals surface area contributed by atoms with Gasteiger partial charge in [-0.3, -0.25) is 9.69 Å². The van der Waals surface area contributed by atoms with Gasteiger partial charge in [0.15, 0.2) is 5.82 Å². The predicted octanol–water partition coefficient (Wildman–Crippen LogP) is 1.87. The highest BCUT2D eigenvalue weighted by atomic mass is 16.2. The largest absolute Gasteiger partial charge is 0.346 e. The first-order valence-corrected chi connectivity index (χ1v) is 10.7. The molecule has 0 aliphatic carbocycles. The first kappa shape index (κ1) is 21.0. The molecule has 3 rings (SSSR count). The molecule has 3 heterocycles. The Morgan fingerprint density at radius 1 is 1.14 bits per heavy atom. The molecule has 1 fully saturated rings. The smallest absolute Gasteiger partial charge is 0.223 e. The average Bonchev–Trinajstić information content (AvgIpc) is 2.96. The number of allylic oxidation sites excluding steroid dienone is 1. The minimum atomic E-state index is -0.110. The van der Waals surface area contributed by atoms with E-state index >= 15 is 0 Å². The van der Waals surface area contributed by atoms with E-state index in [1.807, 2.05) is 6.92 Å². The van der Waals surface area contributed by atoms with Crippen molar-refractivity contribution in [2.45, 2.75) is 52.6 Å². The van der Waals surface area contributed by atoms with Crippen LogP contribution in [0.5, 0.6) is 0 Å². The molecular weight excluding hydrogens is 352 g/mol. The number of likely N-dealkylation sites (tertiary alicyclic amines) is 1. The van der Waals surface area contributed by atoms with Crippen LogP contribution in [0.15, 0.2) is 12.2 Å². The molecule has 7 nitrogen and oxygen atoms in total. The van der Waals surface area contributed by atoms with Gasteiger partial charge in [-0.05, 0) is 45.8 Å². The fourth-order valence-corrected chi connectivity index (χ4v) is 4.04. The third-order valence-corrected chi connectivity index (χ3v) is 5.87. The van der Waals surface area contributed by atoms with E-state index in [9.17, 15) is 4.79 Å². The van der Waals surface area contributed by atoms with Gasteiger partial charge in [0.1, 0.15) is 5.82 Å². The van der Waals surface area contributed by atoms with Crippen LogP contribution in [0.2, 0.25) is 0 Å². The number of nitrogens with one attached hydrogen (secondary N) is 1. The summed E-state index contributed by atoms with van der Waals surface area (Å²) in [6.07, 6.45) is 7.30. The minimum absolute atomic E-state index is 0.110. The van der Waals surface area contributed by atoms with E-state index in [-0.39, 0.29) is 17.9 Å². The number of carbonyl (C=O) groups is 1. The summed E-state index contributed by atoms with van der Waals surface area (Å²) in [6, 6.07) is -0.110. The Balaban J connectivity index is 1.57. The SMILES string of the molecule is CC(C)/C=C/CN1CCc2nnc(C(C)NC(=O)C3CCN(C)CC3)n2CC1. The van der Waals surface area contributed by atoms with Crippen LogP contribution in [0.1, 0.15) is 51.3 Å². The molecule has 1 aromatic heterocycles. The van der Waals surface area contributed by atoms with Crippen molar-refractivity contribution in [1.82, 2.24) is 29.9 Å². The van der Waals surface area contributed by atoms with Crippen molar-refractivity contribution in [2.75, 3.05) is 39.8 Å². The van der Waals surface area contributed by atoms with E-state index in [2.05, 4.69) is 62.9 Å². The van der Waals surface area contributed by atoms with Gasteiger partial charge < -0.3 is 14.8 Å². The molecule has 156 valence electrons. The Morgan fingerprint density at radius 2 is 1.89 bits per heavy atom. The van der Waals surface area contributed by atoms with E-state index < -0.39 is 0 Å². The van der Waals surface area contributed by atoms with E-state index in [0.29, 0.717) is 5.92 Å². The minimum Gasteiger partial charge on any atom is -0.346 e. The van der Waals surface area contributed by atoms with Crippen molar-refractivity contribution in [1.29, 1.82) is 0 Å². The van der Waals surface area contributed by atoms with Gasteiger partial charge >= 0.3 is 0 Å². The Morgan fingerprint density at radius 3 is 2.61 bits per heavy atom. The second-order valence-electron chi connectivity index (χ2n) is 8.66. The van der Waals surface area contributed by atoms with Gasteiger partial charge in [0.2, 0.25) is 5.91 Å². The molecule has 1 N–H and O–H groups in total. The van der Waals surface area contributed by atoms with Gasteiger partial charge in [-0.1, -0.05) is 26.0 Å². The number of hydrogen-bond acceptors (Lipinski definition) is 5. The van der Waals surface area contributed by atoms with Crippen molar-refractivity contribution in [3.05, 3.63) is 23.8 Å². The molecule has 1 aromatic rings. The van der Waals surface area contributed by atoms with E-state index in [0.717, 1.165) is 70.2 Å². The summed E-state index contributed by atoms with van der Waals surface area (Å²) in [7, 11) is 2.12. The monoisotopic (exact) mass is 388 g/mol. The lowest BCUT2D eigenvalue weighted by Gasteiger charge is -2.29. The highest BCUT2D eigenvalue weighted by molar-refractivity contribution is 5.79.